The summed E-state index contributed by atoms with van der Waals surface area (Å²) in [5, 5.41) is 7.22. The van der Waals surface area contributed by atoms with Crippen LogP contribution in [0, 0.1) is 0 Å². The van der Waals surface area contributed by atoms with Crippen molar-refractivity contribution in [1.29, 1.82) is 0 Å². The second kappa shape index (κ2) is 5.64. The zero-order valence-corrected chi connectivity index (χ0v) is 11.3. The molecule has 0 unspecified atom stereocenters. The van der Waals surface area contributed by atoms with E-state index in [0.717, 1.165) is 12.0 Å². The maximum Gasteiger partial charge on any atom is 0.273 e. The highest BCUT2D eigenvalue weighted by Gasteiger charge is 2.31. The van der Waals surface area contributed by atoms with Crippen molar-refractivity contribution >= 4 is 17.5 Å². The zero-order chi connectivity index (χ0) is 13.9. The number of rotatable bonds is 3. The van der Waals surface area contributed by atoms with Gasteiger partial charge in [0.2, 0.25) is 0 Å². The number of aromatic nitrogens is 1. The van der Waals surface area contributed by atoms with E-state index >= 15 is 0 Å². The standard InChI is InChI=1S/C14H13ClN2O3/c15-10-3-1-9(2-4-10)13-11(5-7-19-13)16-14(18)12-6-8-20-17-12/h1-4,6,8,11,13H,5,7H2,(H,16,18)/t11-,13+/m0/s1. The molecule has 1 aliphatic heterocycles. The summed E-state index contributed by atoms with van der Waals surface area (Å²) in [7, 11) is 0. The van der Waals surface area contributed by atoms with Gasteiger partial charge in [-0.2, -0.15) is 0 Å². The first-order valence-corrected chi connectivity index (χ1v) is 6.70. The van der Waals surface area contributed by atoms with Gasteiger partial charge in [0, 0.05) is 17.7 Å². The number of benzene rings is 1. The summed E-state index contributed by atoms with van der Waals surface area (Å²) in [6.45, 7) is 0.608. The summed E-state index contributed by atoms with van der Waals surface area (Å²) in [6.07, 6.45) is 1.97. The lowest BCUT2D eigenvalue weighted by molar-refractivity contribution is 0.0815. The molecule has 1 fully saturated rings. The molecule has 3 rings (SSSR count). The van der Waals surface area contributed by atoms with Crippen LogP contribution in [0.4, 0.5) is 0 Å². The summed E-state index contributed by atoms with van der Waals surface area (Å²) in [4.78, 5) is 12.0. The molecule has 20 heavy (non-hydrogen) atoms. The fourth-order valence-electron chi connectivity index (χ4n) is 2.29. The predicted molar refractivity (Wildman–Crippen MR) is 72.5 cm³/mol. The minimum absolute atomic E-state index is 0.0830. The summed E-state index contributed by atoms with van der Waals surface area (Å²) in [5.74, 6) is -0.256. The van der Waals surface area contributed by atoms with Crippen LogP contribution in [-0.2, 0) is 4.74 Å². The molecule has 1 aliphatic rings. The molecule has 2 heterocycles. The van der Waals surface area contributed by atoms with Crippen molar-refractivity contribution in [1.82, 2.24) is 10.5 Å². The van der Waals surface area contributed by atoms with E-state index in [4.69, 9.17) is 16.3 Å². The first-order valence-electron chi connectivity index (χ1n) is 6.32. The first-order chi connectivity index (χ1) is 9.74. The minimum atomic E-state index is -0.256. The molecule has 2 aromatic rings. The van der Waals surface area contributed by atoms with Gasteiger partial charge in [-0.3, -0.25) is 4.79 Å². The number of hydrogen-bond donors (Lipinski definition) is 1. The van der Waals surface area contributed by atoms with Crippen LogP contribution in [-0.4, -0.2) is 23.7 Å². The van der Waals surface area contributed by atoms with Gasteiger partial charge in [-0.25, -0.2) is 0 Å². The van der Waals surface area contributed by atoms with Crippen LogP contribution in [0.5, 0.6) is 0 Å². The van der Waals surface area contributed by atoms with Gasteiger partial charge in [-0.15, -0.1) is 0 Å². The molecule has 0 spiro atoms. The van der Waals surface area contributed by atoms with Crippen molar-refractivity contribution in [2.24, 2.45) is 0 Å². The van der Waals surface area contributed by atoms with E-state index in [0.29, 0.717) is 11.6 Å². The van der Waals surface area contributed by atoms with E-state index in [9.17, 15) is 4.79 Å². The second-order valence-electron chi connectivity index (χ2n) is 4.60. The van der Waals surface area contributed by atoms with E-state index in [1.54, 1.807) is 0 Å². The fraction of sp³-hybridized carbons (Fsp3) is 0.286. The van der Waals surface area contributed by atoms with Gasteiger partial charge in [0.25, 0.3) is 5.91 Å². The Hall–Kier alpha value is -1.85. The third kappa shape index (κ3) is 2.69. The molecule has 1 saturated heterocycles. The molecule has 5 nitrogen and oxygen atoms in total. The normalized spacial score (nSPS) is 21.9. The molecule has 1 N–H and O–H groups in total. The van der Waals surface area contributed by atoms with E-state index in [-0.39, 0.29) is 23.7 Å². The number of amides is 1. The van der Waals surface area contributed by atoms with Gasteiger partial charge in [-0.1, -0.05) is 28.9 Å². The van der Waals surface area contributed by atoms with Crippen LogP contribution in [0.1, 0.15) is 28.6 Å². The Labute approximate surface area is 120 Å². The number of nitrogens with zero attached hydrogens (tertiary/aromatic N) is 1. The van der Waals surface area contributed by atoms with Gasteiger partial charge in [0.05, 0.1) is 6.04 Å². The lowest BCUT2D eigenvalue weighted by atomic mass is 10.0. The van der Waals surface area contributed by atoms with Crippen LogP contribution in [0.25, 0.3) is 0 Å². The third-order valence-corrected chi connectivity index (χ3v) is 3.53. The number of ether oxygens (including phenoxy) is 1. The average molecular weight is 293 g/mol. The first kappa shape index (κ1) is 13.1. The number of carbonyl (C=O) groups is 1. The molecule has 1 aromatic heterocycles. The molecule has 2 atom stereocenters. The van der Waals surface area contributed by atoms with Gasteiger partial charge in [-0.05, 0) is 24.1 Å². The monoisotopic (exact) mass is 292 g/mol. The Balaban J connectivity index is 1.72. The predicted octanol–water partition coefficient (Wildman–Crippen LogP) is 2.59. The Kier molecular flexibility index (Phi) is 3.71. The second-order valence-corrected chi connectivity index (χ2v) is 5.03. The van der Waals surface area contributed by atoms with E-state index < -0.39 is 0 Å². The molecular formula is C14H13ClN2O3. The van der Waals surface area contributed by atoms with Crippen molar-refractivity contribution in [2.45, 2.75) is 18.6 Å². The fourth-order valence-corrected chi connectivity index (χ4v) is 2.42. The Morgan fingerprint density at radius 1 is 1.30 bits per heavy atom. The lowest BCUT2D eigenvalue weighted by Crippen LogP contribution is -2.36. The molecule has 1 aromatic carbocycles. The maximum absolute atomic E-state index is 12.0. The lowest BCUT2D eigenvalue weighted by Gasteiger charge is -2.19. The molecule has 0 radical (unpaired) electrons. The minimum Gasteiger partial charge on any atom is -0.371 e. The van der Waals surface area contributed by atoms with Crippen LogP contribution in [0.2, 0.25) is 5.02 Å². The Morgan fingerprint density at radius 3 is 2.80 bits per heavy atom. The molecule has 1 amide bonds. The number of carbonyl (C=O) groups excluding carboxylic acids is 1. The topological polar surface area (TPSA) is 64.4 Å². The van der Waals surface area contributed by atoms with Crippen LogP contribution in [0.15, 0.2) is 41.1 Å². The zero-order valence-electron chi connectivity index (χ0n) is 10.6. The molecule has 104 valence electrons. The largest absolute Gasteiger partial charge is 0.371 e. The van der Waals surface area contributed by atoms with Crippen LogP contribution in [0.3, 0.4) is 0 Å². The quantitative estimate of drug-likeness (QED) is 0.944. The van der Waals surface area contributed by atoms with Crippen LogP contribution < -0.4 is 5.32 Å². The number of hydrogen-bond acceptors (Lipinski definition) is 4. The van der Waals surface area contributed by atoms with E-state index in [1.807, 2.05) is 24.3 Å². The number of halogens is 1. The molecule has 0 bridgehead atoms. The Bertz CT molecular complexity index is 583. The van der Waals surface area contributed by atoms with Crippen molar-refractivity contribution < 1.29 is 14.1 Å². The summed E-state index contributed by atoms with van der Waals surface area (Å²) >= 11 is 5.88. The third-order valence-electron chi connectivity index (χ3n) is 3.28. The molecular weight excluding hydrogens is 280 g/mol. The van der Waals surface area contributed by atoms with Crippen LogP contribution >= 0.6 is 11.6 Å². The Morgan fingerprint density at radius 2 is 2.10 bits per heavy atom. The van der Waals surface area contributed by atoms with Crippen molar-refractivity contribution in [3.8, 4) is 0 Å². The van der Waals surface area contributed by atoms with Crippen molar-refractivity contribution in [3.05, 3.63) is 52.9 Å². The molecule has 6 heteroatoms. The maximum atomic E-state index is 12.0. The van der Waals surface area contributed by atoms with Gasteiger partial charge in [0.1, 0.15) is 12.4 Å². The highest BCUT2D eigenvalue weighted by atomic mass is 35.5. The summed E-state index contributed by atoms with van der Waals surface area (Å²) in [5.41, 5.74) is 1.27. The number of nitrogens with one attached hydrogen (secondary N) is 1. The highest BCUT2D eigenvalue weighted by Crippen LogP contribution is 2.30. The van der Waals surface area contributed by atoms with Gasteiger partial charge >= 0.3 is 0 Å². The van der Waals surface area contributed by atoms with E-state index in [1.165, 1.54) is 12.3 Å². The van der Waals surface area contributed by atoms with Crippen molar-refractivity contribution in [2.75, 3.05) is 6.61 Å². The summed E-state index contributed by atoms with van der Waals surface area (Å²) < 4.78 is 10.4. The smallest absolute Gasteiger partial charge is 0.273 e. The van der Waals surface area contributed by atoms with Crippen molar-refractivity contribution in [3.63, 3.8) is 0 Å². The average Bonchev–Trinajstić information content (AvgIpc) is 3.10. The SMILES string of the molecule is O=C(N[C@H]1CCO[C@@H]1c1ccc(Cl)cc1)c1ccon1. The highest BCUT2D eigenvalue weighted by molar-refractivity contribution is 6.30. The molecule has 0 aliphatic carbocycles. The summed E-state index contributed by atoms with van der Waals surface area (Å²) in [6, 6.07) is 8.90. The van der Waals surface area contributed by atoms with Gasteiger partial charge < -0.3 is 14.6 Å². The molecule has 0 saturated carbocycles. The van der Waals surface area contributed by atoms with Gasteiger partial charge in [0.15, 0.2) is 5.69 Å². The van der Waals surface area contributed by atoms with E-state index in [2.05, 4.69) is 15.0 Å².